The van der Waals surface area contributed by atoms with Crippen molar-refractivity contribution in [3.05, 3.63) is 51.4 Å². The van der Waals surface area contributed by atoms with Gasteiger partial charge in [0.2, 0.25) is 0 Å². The molecule has 0 aliphatic heterocycles. The molecule has 1 aromatic carbocycles. The van der Waals surface area contributed by atoms with Gasteiger partial charge in [-0.05, 0) is 49.4 Å². The van der Waals surface area contributed by atoms with E-state index in [-0.39, 0.29) is 5.56 Å². The maximum Gasteiger partial charge on any atom is 0.271 e. The molecule has 0 saturated heterocycles. The third-order valence-electron chi connectivity index (χ3n) is 3.15. The molecule has 0 unspecified atom stereocenters. The van der Waals surface area contributed by atoms with Gasteiger partial charge in [0.25, 0.3) is 5.56 Å². The molecule has 1 aromatic heterocycles. The van der Waals surface area contributed by atoms with E-state index < -0.39 is 0 Å². The molecule has 2 aromatic rings. The van der Waals surface area contributed by atoms with Crippen molar-refractivity contribution in [2.75, 3.05) is 0 Å². The summed E-state index contributed by atoms with van der Waals surface area (Å²) in [7, 11) is 0. The van der Waals surface area contributed by atoms with Crippen LogP contribution < -0.4 is 5.56 Å². The number of aryl methyl sites for hydroxylation is 2. The van der Waals surface area contributed by atoms with Crippen LogP contribution >= 0.6 is 0 Å². The third-order valence-corrected chi connectivity index (χ3v) is 3.15. The molecule has 0 aliphatic rings. The number of nitrogens with zero attached hydrogens (tertiary/aromatic N) is 1. The fourth-order valence-corrected chi connectivity index (χ4v) is 2.05. The standard InChI is InChI=1S/C15H20N2O/c1-10(2)7-13-9-15(18)17(16-13)14-6-5-11(3)12(4)8-14/h5-6,8-10,16H,7H2,1-4H3. The number of hydrogen-bond acceptors (Lipinski definition) is 1. The Morgan fingerprint density at radius 2 is 1.89 bits per heavy atom. The van der Waals surface area contributed by atoms with Crippen molar-refractivity contribution in [2.45, 2.75) is 34.1 Å². The maximum atomic E-state index is 11.9. The summed E-state index contributed by atoms with van der Waals surface area (Å²) in [6.07, 6.45) is 0.896. The molecule has 96 valence electrons. The van der Waals surface area contributed by atoms with E-state index in [0.29, 0.717) is 5.92 Å². The summed E-state index contributed by atoms with van der Waals surface area (Å²) in [4.78, 5) is 11.9. The summed E-state index contributed by atoms with van der Waals surface area (Å²) < 4.78 is 1.62. The van der Waals surface area contributed by atoms with E-state index in [1.807, 2.05) is 18.2 Å². The van der Waals surface area contributed by atoms with Gasteiger partial charge in [-0.1, -0.05) is 19.9 Å². The van der Waals surface area contributed by atoms with Crippen LogP contribution in [0.1, 0.15) is 30.7 Å². The highest BCUT2D eigenvalue weighted by Crippen LogP contribution is 2.12. The second-order valence-corrected chi connectivity index (χ2v) is 5.32. The second-order valence-electron chi connectivity index (χ2n) is 5.32. The van der Waals surface area contributed by atoms with Crippen molar-refractivity contribution in [3.63, 3.8) is 0 Å². The van der Waals surface area contributed by atoms with E-state index in [9.17, 15) is 4.79 Å². The minimum Gasteiger partial charge on any atom is -0.295 e. The van der Waals surface area contributed by atoms with Crippen LogP contribution in [0.4, 0.5) is 0 Å². The fraction of sp³-hybridized carbons (Fsp3) is 0.400. The van der Waals surface area contributed by atoms with Crippen LogP contribution in [0.15, 0.2) is 29.1 Å². The van der Waals surface area contributed by atoms with Crippen LogP contribution in [-0.4, -0.2) is 9.78 Å². The first-order valence-corrected chi connectivity index (χ1v) is 6.36. The zero-order chi connectivity index (χ0) is 13.3. The summed E-state index contributed by atoms with van der Waals surface area (Å²) >= 11 is 0. The molecule has 18 heavy (non-hydrogen) atoms. The Morgan fingerprint density at radius 1 is 1.17 bits per heavy atom. The maximum absolute atomic E-state index is 11.9. The second kappa shape index (κ2) is 4.84. The Bertz CT molecular complexity index is 605. The average molecular weight is 244 g/mol. The van der Waals surface area contributed by atoms with Gasteiger partial charge in [0, 0.05) is 11.8 Å². The Kier molecular flexibility index (Phi) is 3.41. The van der Waals surface area contributed by atoms with Gasteiger partial charge in [0.05, 0.1) is 5.69 Å². The highest BCUT2D eigenvalue weighted by Gasteiger charge is 2.07. The third kappa shape index (κ3) is 2.55. The molecule has 0 bridgehead atoms. The molecule has 0 fully saturated rings. The lowest BCUT2D eigenvalue weighted by atomic mass is 10.1. The molecule has 0 spiro atoms. The molecule has 0 saturated carbocycles. The van der Waals surface area contributed by atoms with Gasteiger partial charge in [-0.2, -0.15) is 0 Å². The van der Waals surface area contributed by atoms with Crippen molar-refractivity contribution in [3.8, 4) is 5.69 Å². The summed E-state index contributed by atoms with van der Waals surface area (Å²) in [5.41, 5.74) is 4.33. The van der Waals surface area contributed by atoms with E-state index >= 15 is 0 Å². The van der Waals surface area contributed by atoms with Crippen LogP contribution in [0, 0.1) is 19.8 Å². The van der Waals surface area contributed by atoms with Gasteiger partial charge < -0.3 is 0 Å². The highest BCUT2D eigenvalue weighted by molar-refractivity contribution is 5.39. The molecule has 1 heterocycles. The monoisotopic (exact) mass is 244 g/mol. The molecule has 0 amide bonds. The van der Waals surface area contributed by atoms with Gasteiger partial charge in [0.15, 0.2) is 0 Å². The summed E-state index contributed by atoms with van der Waals surface area (Å²) in [5.74, 6) is 0.538. The summed E-state index contributed by atoms with van der Waals surface area (Å²) in [6.45, 7) is 8.42. The lowest BCUT2D eigenvalue weighted by Gasteiger charge is -2.06. The van der Waals surface area contributed by atoms with E-state index in [2.05, 4.69) is 32.8 Å². The van der Waals surface area contributed by atoms with Gasteiger partial charge in [0.1, 0.15) is 0 Å². The lowest BCUT2D eigenvalue weighted by molar-refractivity contribution is 0.628. The minimum atomic E-state index is 0.00824. The zero-order valence-corrected chi connectivity index (χ0v) is 11.4. The highest BCUT2D eigenvalue weighted by atomic mass is 16.1. The Hall–Kier alpha value is -1.77. The predicted molar refractivity (Wildman–Crippen MR) is 74.4 cm³/mol. The molecule has 3 nitrogen and oxygen atoms in total. The number of rotatable bonds is 3. The largest absolute Gasteiger partial charge is 0.295 e. The van der Waals surface area contributed by atoms with Gasteiger partial charge in [-0.3, -0.25) is 9.89 Å². The normalized spacial score (nSPS) is 11.2. The number of aromatic nitrogens is 2. The van der Waals surface area contributed by atoms with Crippen LogP contribution in [0.2, 0.25) is 0 Å². The number of H-pyrrole nitrogens is 1. The topological polar surface area (TPSA) is 37.8 Å². The van der Waals surface area contributed by atoms with E-state index in [0.717, 1.165) is 17.8 Å². The van der Waals surface area contributed by atoms with Crippen LogP contribution in [-0.2, 0) is 6.42 Å². The molecule has 0 atom stereocenters. The quantitative estimate of drug-likeness (QED) is 0.885. The molecule has 1 N–H and O–H groups in total. The number of benzene rings is 1. The molecule has 3 heteroatoms. The van der Waals surface area contributed by atoms with Crippen LogP contribution in [0.3, 0.4) is 0 Å². The average Bonchev–Trinajstić information content (AvgIpc) is 2.62. The van der Waals surface area contributed by atoms with Gasteiger partial charge in [-0.25, -0.2) is 4.68 Å². The number of hydrogen-bond donors (Lipinski definition) is 1. The van der Waals surface area contributed by atoms with E-state index in [4.69, 9.17) is 0 Å². The molecular weight excluding hydrogens is 224 g/mol. The van der Waals surface area contributed by atoms with Gasteiger partial charge in [-0.15, -0.1) is 0 Å². The van der Waals surface area contributed by atoms with Crippen LogP contribution in [0.25, 0.3) is 5.69 Å². The zero-order valence-electron chi connectivity index (χ0n) is 11.4. The first kappa shape index (κ1) is 12.7. The lowest BCUT2D eigenvalue weighted by Crippen LogP contribution is -2.13. The SMILES string of the molecule is Cc1ccc(-n2[nH]c(CC(C)C)cc2=O)cc1C. The van der Waals surface area contributed by atoms with E-state index in [1.54, 1.807) is 10.7 Å². The summed E-state index contributed by atoms with van der Waals surface area (Å²) in [6, 6.07) is 7.74. The molecule has 2 rings (SSSR count). The molecular formula is C15H20N2O. The van der Waals surface area contributed by atoms with Crippen molar-refractivity contribution in [2.24, 2.45) is 5.92 Å². The molecule has 0 aliphatic carbocycles. The molecule has 0 radical (unpaired) electrons. The van der Waals surface area contributed by atoms with Crippen molar-refractivity contribution >= 4 is 0 Å². The Labute approximate surface area is 107 Å². The first-order valence-electron chi connectivity index (χ1n) is 6.36. The predicted octanol–water partition coefficient (Wildman–Crippen LogP) is 2.98. The van der Waals surface area contributed by atoms with Gasteiger partial charge >= 0.3 is 0 Å². The Morgan fingerprint density at radius 3 is 2.50 bits per heavy atom. The van der Waals surface area contributed by atoms with Crippen molar-refractivity contribution in [1.82, 2.24) is 9.78 Å². The minimum absolute atomic E-state index is 0.00824. The summed E-state index contributed by atoms with van der Waals surface area (Å²) in [5, 5.41) is 3.18. The smallest absolute Gasteiger partial charge is 0.271 e. The fourth-order valence-electron chi connectivity index (χ4n) is 2.05. The first-order chi connectivity index (χ1) is 8.47. The Balaban J connectivity index is 2.41. The number of nitrogens with one attached hydrogen (secondary N) is 1. The van der Waals surface area contributed by atoms with Crippen molar-refractivity contribution < 1.29 is 0 Å². The van der Waals surface area contributed by atoms with Crippen molar-refractivity contribution in [1.29, 1.82) is 0 Å². The van der Waals surface area contributed by atoms with E-state index in [1.165, 1.54) is 11.1 Å². The van der Waals surface area contributed by atoms with Crippen LogP contribution in [0.5, 0.6) is 0 Å². The number of aromatic amines is 1.